The van der Waals surface area contributed by atoms with Crippen molar-refractivity contribution >= 4 is 0 Å². The van der Waals surface area contributed by atoms with E-state index in [2.05, 4.69) is 26.1 Å². The van der Waals surface area contributed by atoms with E-state index in [1.165, 1.54) is 32.1 Å². The Bertz CT molecular complexity index is 202. The zero-order chi connectivity index (χ0) is 10.2. The molecule has 2 aliphatic rings. The first-order chi connectivity index (χ1) is 6.55. The van der Waals surface area contributed by atoms with Crippen LogP contribution in [0.4, 0.5) is 0 Å². The zero-order valence-electron chi connectivity index (χ0n) is 9.73. The molecule has 1 heterocycles. The van der Waals surface area contributed by atoms with Crippen molar-refractivity contribution in [1.29, 1.82) is 0 Å². The maximum Gasteiger partial charge on any atom is 0.120 e. The molecule has 1 saturated heterocycles. The van der Waals surface area contributed by atoms with E-state index < -0.39 is 0 Å². The summed E-state index contributed by atoms with van der Waals surface area (Å²) in [5.41, 5.74) is 0.544. The van der Waals surface area contributed by atoms with E-state index in [0.29, 0.717) is 11.5 Å². The molecule has 14 heavy (non-hydrogen) atoms. The summed E-state index contributed by atoms with van der Waals surface area (Å²) in [7, 11) is 0. The van der Waals surface area contributed by atoms with Crippen molar-refractivity contribution in [3.63, 3.8) is 0 Å². The summed E-state index contributed by atoms with van der Waals surface area (Å²) in [6.45, 7) is 8.03. The van der Waals surface area contributed by atoms with Crippen molar-refractivity contribution in [3.05, 3.63) is 0 Å². The van der Waals surface area contributed by atoms with Crippen molar-refractivity contribution in [2.24, 2.45) is 5.41 Å². The van der Waals surface area contributed by atoms with Crippen LogP contribution in [0.2, 0.25) is 0 Å². The van der Waals surface area contributed by atoms with Gasteiger partial charge >= 0.3 is 0 Å². The number of rotatable bonds is 2. The first-order valence-corrected chi connectivity index (χ1v) is 5.98. The highest BCUT2D eigenvalue weighted by Crippen LogP contribution is 2.50. The summed E-state index contributed by atoms with van der Waals surface area (Å²) >= 11 is 0. The molecule has 1 atom stereocenters. The van der Waals surface area contributed by atoms with Crippen LogP contribution in [-0.2, 0) is 4.74 Å². The summed E-state index contributed by atoms with van der Waals surface area (Å²) < 4.78 is 6.17. The van der Waals surface area contributed by atoms with Gasteiger partial charge in [-0.15, -0.1) is 0 Å². The van der Waals surface area contributed by atoms with Crippen LogP contribution in [0.3, 0.4) is 0 Å². The second kappa shape index (κ2) is 3.49. The number of nitrogens with one attached hydrogen (secondary N) is 1. The van der Waals surface area contributed by atoms with Gasteiger partial charge < -0.3 is 4.74 Å². The number of hydrogen-bond acceptors (Lipinski definition) is 2. The third kappa shape index (κ3) is 1.96. The summed E-state index contributed by atoms with van der Waals surface area (Å²) in [5.74, 6) is 0. The molecular weight excluding hydrogens is 174 g/mol. The molecule has 0 radical (unpaired) electrons. The van der Waals surface area contributed by atoms with E-state index in [4.69, 9.17) is 4.74 Å². The van der Waals surface area contributed by atoms with Crippen LogP contribution >= 0.6 is 0 Å². The monoisotopic (exact) mass is 197 g/mol. The highest BCUT2D eigenvalue weighted by Gasteiger charge is 2.52. The van der Waals surface area contributed by atoms with Gasteiger partial charge in [0.15, 0.2) is 0 Å². The molecule has 1 saturated carbocycles. The van der Waals surface area contributed by atoms with Crippen molar-refractivity contribution in [1.82, 2.24) is 5.32 Å². The average molecular weight is 197 g/mol. The fourth-order valence-electron chi connectivity index (χ4n) is 3.11. The molecular formula is C12H23NO. The van der Waals surface area contributed by atoms with Gasteiger partial charge in [0.1, 0.15) is 5.72 Å². The molecule has 0 aromatic carbocycles. The Morgan fingerprint density at radius 1 is 1.36 bits per heavy atom. The van der Waals surface area contributed by atoms with Gasteiger partial charge in [-0.05, 0) is 31.1 Å². The SMILES string of the molecule is CCCC1CCNC2(CC(C)(C)C2)O1. The van der Waals surface area contributed by atoms with E-state index in [0.717, 1.165) is 6.54 Å². The van der Waals surface area contributed by atoms with Crippen LogP contribution in [0.1, 0.15) is 52.9 Å². The van der Waals surface area contributed by atoms with Crippen molar-refractivity contribution in [2.75, 3.05) is 6.54 Å². The molecule has 1 spiro atoms. The fraction of sp³-hybridized carbons (Fsp3) is 1.00. The minimum atomic E-state index is 0.0571. The Labute approximate surface area is 87.4 Å². The van der Waals surface area contributed by atoms with E-state index in [1.54, 1.807) is 0 Å². The van der Waals surface area contributed by atoms with Gasteiger partial charge in [-0.2, -0.15) is 0 Å². The minimum Gasteiger partial charge on any atom is -0.357 e. The average Bonchev–Trinajstić information content (AvgIpc) is 2.01. The molecule has 82 valence electrons. The van der Waals surface area contributed by atoms with Crippen LogP contribution in [0, 0.1) is 5.41 Å². The smallest absolute Gasteiger partial charge is 0.120 e. The third-order valence-electron chi connectivity index (χ3n) is 3.44. The first kappa shape index (κ1) is 10.4. The Hall–Kier alpha value is -0.0800. The van der Waals surface area contributed by atoms with Gasteiger partial charge in [0.2, 0.25) is 0 Å². The van der Waals surface area contributed by atoms with E-state index in [-0.39, 0.29) is 5.72 Å². The summed E-state index contributed by atoms with van der Waals surface area (Å²) in [5, 5.41) is 3.55. The van der Waals surface area contributed by atoms with Crippen LogP contribution in [0.5, 0.6) is 0 Å². The van der Waals surface area contributed by atoms with Gasteiger partial charge in [-0.1, -0.05) is 27.2 Å². The topological polar surface area (TPSA) is 21.3 Å². The quantitative estimate of drug-likeness (QED) is 0.735. The summed E-state index contributed by atoms with van der Waals surface area (Å²) in [6, 6.07) is 0. The van der Waals surface area contributed by atoms with Gasteiger partial charge in [-0.25, -0.2) is 0 Å². The Morgan fingerprint density at radius 3 is 2.64 bits per heavy atom. The maximum absolute atomic E-state index is 6.17. The molecule has 1 N–H and O–H groups in total. The van der Waals surface area contributed by atoms with Gasteiger partial charge in [0.05, 0.1) is 6.10 Å². The summed E-state index contributed by atoms with van der Waals surface area (Å²) in [4.78, 5) is 0. The normalized spacial score (nSPS) is 34.1. The molecule has 2 rings (SSSR count). The zero-order valence-corrected chi connectivity index (χ0v) is 9.73. The Balaban J connectivity index is 1.89. The third-order valence-corrected chi connectivity index (χ3v) is 3.44. The highest BCUT2D eigenvalue weighted by atomic mass is 16.5. The van der Waals surface area contributed by atoms with Crippen LogP contribution in [-0.4, -0.2) is 18.4 Å². The molecule has 2 fully saturated rings. The molecule has 1 unspecified atom stereocenters. The van der Waals surface area contributed by atoms with E-state index >= 15 is 0 Å². The Morgan fingerprint density at radius 2 is 2.07 bits per heavy atom. The lowest BCUT2D eigenvalue weighted by atomic mass is 9.65. The molecule has 0 aromatic rings. The molecule has 1 aliphatic heterocycles. The van der Waals surface area contributed by atoms with Crippen LogP contribution in [0.15, 0.2) is 0 Å². The Kier molecular flexibility index (Phi) is 2.61. The van der Waals surface area contributed by atoms with Gasteiger partial charge in [-0.3, -0.25) is 5.32 Å². The predicted molar refractivity (Wildman–Crippen MR) is 58.1 cm³/mol. The van der Waals surface area contributed by atoms with Crippen molar-refractivity contribution in [2.45, 2.75) is 64.7 Å². The second-order valence-electron chi connectivity index (χ2n) is 5.76. The highest BCUT2D eigenvalue weighted by molar-refractivity contribution is 5.01. The molecule has 0 bridgehead atoms. The lowest BCUT2D eigenvalue weighted by Gasteiger charge is -2.56. The van der Waals surface area contributed by atoms with Gasteiger partial charge in [0.25, 0.3) is 0 Å². The first-order valence-electron chi connectivity index (χ1n) is 5.98. The molecule has 1 aliphatic carbocycles. The minimum absolute atomic E-state index is 0.0571. The van der Waals surface area contributed by atoms with Crippen molar-refractivity contribution in [3.8, 4) is 0 Å². The summed E-state index contributed by atoms with van der Waals surface area (Å²) in [6.07, 6.45) is 6.53. The lowest BCUT2D eigenvalue weighted by molar-refractivity contribution is -0.225. The lowest BCUT2D eigenvalue weighted by Crippen LogP contribution is -2.64. The van der Waals surface area contributed by atoms with Gasteiger partial charge in [0, 0.05) is 6.54 Å². The van der Waals surface area contributed by atoms with Crippen LogP contribution in [0.25, 0.3) is 0 Å². The standard InChI is InChI=1S/C12H23NO/c1-4-5-10-6-7-13-12(14-10)8-11(2,3)9-12/h10,13H,4-9H2,1-3H3. The molecule has 0 amide bonds. The maximum atomic E-state index is 6.17. The number of ether oxygens (including phenoxy) is 1. The fourth-order valence-corrected chi connectivity index (χ4v) is 3.11. The molecule has 0 aromatic heterocycles. The van der Waals surface area contributed by atoms with Crippen LogP contribution < -0.4 is 5.32 Å². The van der Waals surface area contributed by atoms with Crippen molar-refractivity contribution < 1.29 is 4.74 Å². The molecule has 2 heteroatoms. The molecule has 2 nitrogen and oxygen atoms in total. The van der Waals surface area contributed by atoms with E-state index in [1.807, 2.05) is 0 Å². The predicted octanol–water partition coefficient (Wildman–Crippen LogP) is 2.68. The largest absolute Gasteiger partial charge is 0.357 e. The second-order valence-corrected chi connectivity index (χ2v) is 5.76. The van der Waals surface area contributed by atoms with E-state index in [9.17, 15) is 0 Å². The number of hydrogen-bond donors (Lipinski definition) is 1.